The second-order valence-electron chi connectivity index (χ2n) is 5.44. The lowest BCUT2D eigenvalue weighted by atomic mass is 10.2. The molecular weight excluding hydrogens is 252 g/mol. The summed E-state index contributed by atoms with van der Waals surface area (Å²) >= 11 is 0. The first kappa shape index (κ1) is 16.5. The number of nitrogens with one attached hydrogen (secondary N) is 2. The molecule has 0 aliphatic carbocycles. The topological polar surface area (TPSA) is 50.4 Å². The Hall–Kier alpha value is -1.55. The molecule has 1 aromatic carbocycles. The summed E-state index contributed by atoms with van der Waals surface area (Å²) in [6, 6.07) is 7.87. The van der Waals surface area contributed by atoms with Crippen molar-refractivity contribution in [3.05, 3.63) is 24.3 Å². The van der Waals surface area contributed by atoms with Crippen LogP contribution in [0, 0.1) is 5.92 Å². The fourth-order valence-electron chi connectivity index (χ4n) is 1.56. The lowest BCUT2D eigenvalue weighted by molar-refractivity contribution is -0.115. The molecule has 0 radical (unpaired) electrons. The first-order valence-corrected chi connectivity index (χ1v) is 7.28. The van der Waals surface area contributed by atoms with E-state index in [2.05, 4.69) is 38.3 Å². The molecule has 0 spiro atoms. The van der Waals surface area contributed by atoms with Gasteiger partial charge >= 0.3 is 0 Å². The number of carbonyl (C=O) groups is 1. The Morgan fingerprint density at radius 3 is 2.60 bits per heavy atom. The Morgan fingerprint density at radius 1 is 1.25 bits per heavy atom. The van der Waals surface area contributed by atoms with Gasteiger partial charge in [-0.2, -0.15) is 0 Å². The van der Waals surface area contributed by atoms with E-state index in [1.165, 1.54) is 0 Å². The van der Waals surface area contributed by atoms with Crippen molar-refractivity contribution in [1.82, 2.24) is 5.32 Å². The van der Waals surface area contributed by atoms with Crippen molar-refractivity contribution in [3.63, 3.8) is 0 Å². The zero-order chi connectivity index (χ0) is 15.0. The van der Waals surface area contributed by atoms with Crippen molar-refractivity contribution in [3.8, 4) is 5.75 Å². The van der Waals surface area contributed by atoms with E-state index in [0.717, 1.165) is 17.9 Å². The van der Waals surface area contributed by atoms with Crippen LogP contribution < -0.4 is 15.4 Å². The predicted molar refractivity (Wildman–Crippen MR) is 83.2 cm³/mol. The van der Waals surface area contributed by atoms with Gasteiger partial charge in [-0.3, -0.25) is 4.79 Å². The van der Waals surface area contributed by atoms with Crippen LogP contribution >= 0.6 is 0 Å². The van der Waals surface area contributed by atoms with Crippen LogP contribution in [0.25, 0.3) is 0 Å². The number of benzene rings is 1. The molecule has 0 aromatic heterocycles. The first-order valence-electron chi connectivity index (χ1n) is 7.28. The average molecular weight is 278 g/mol. The first-order chi connectivity index (χ1) is 9.52. The summed E-state index contributed by atoms with van der Waals surface area (Å²) in [5, 5.41) is 6.06. The minimum absolute atomic E-state index is 0.0501. The van der Waals surface area contributed by atoms with E-state index in [-0.39, 0.29) is 5.91 Å². The quantitative estimate of drug-likeness (QED) is 0.768. The number of carbonyl (C=O) groups excluding carboxylic acids is 1. The van der Waals surface area contributed by atoms with Gasteiger partial charge in [0.05, 0.1) is 18.8 Å². The Kier molecular flexibility index (Phi) is 7.09. The summed E-state index contributed by atoms with van der Waals surface area (Å²) in [4.78, 5) is 11.9. The molecule has 1 rings (SSSR count). The third kappa shape index (κ3) is 6.06. The van der Waals surface area contributed by atoms with Crippen LogP contribution in [0.4, 0.5) is 5.69 Å². The molecule has 0 aliphatic rings. The zero-order valence-electron chi connectivity index (χ0n) is 12.9. The highest BCUT2D eigenvalue weighted by Gasteiger charge is 2.09. The van der Waals surface area contributed by atoms with E-state index in [1.807, 2.05) is 24.3 Å². The predicted octanol–water partition coefficient (Wildman–Crippen LogP) is 3.05. The van der Waals surface area contributed by atoms with Gasteiger partial charge < -0.3 is 15.4 Å². The van der Waals surface area contributed by atoms with Gasteiger partial charge in [-0.15, -0.1) is 0 Å². The van der Waals surface area contributed by atoms with E-state index in [9.17, 15) is 4.79 Å². The van der Waals surface area contributed by atoms with Crippen molar-refractivity contribution in [2.45, 2.75) is 40.2 Å². The largest absolute Gasteiger partial charge is 0.491 e. The smallest absolute Gasteiger partial charge is 0.238 e. The Morgan fingerprint density at radius 2 is 1.95 bits per heavy atom. The van der Waals surface area contributed by atoms with E-state index in [1.54, 1.807) is 0 Å². The second kappa shape index (κ2) is 8.59. The summed E-state index contributed by atoms with van der Waals surface area (Å²) in [7, 11) is 0. The zero-order valence-corrected chi connectivity index (χ0v) is 12.9. The van der Waals surface area contributed by atoms with Crippen molar-refractivity contribution >= 4 is 11.6 Å². The Bertz CT molecular complexity index is 419. The molecule has 0 bridgehead atoms. The number of rotatable bonds is 8. The molecule has 20 heavy (non-hydrogen) atoms. The number of para-hydroxylation sites is 2. The molecule has 0 heterocycles. The molecule has 0 saturated heterocycles. The number of amides is 1. The lowest BCUT2D eigenvalue weighted by Crippen LogP contribution is -2.34. The Balaban J connectivity index is 2.55. The molecule has 2 N–H and O–H groups in total. The van der Waals surface area contributed by atoms with Crippen molar-refractivity contribution in [1.29, 1.82) is 0 Å². The number of ether oxygens (including phenoxy) is 1. The molecule has 0 aliphatic heterocycles. The van der Waals surface area contributed by atoms with Crippen LogP contribution in [-0.2, 0) is 4.79 Å². The van der Waals surface area contributed by atoms with Crippen LogP contribution in [0.3, 0.4) is 0 Å². The maximum atomic E-state index is 11.9. The standard InChI is InChI=1S/C16H26N2O2/c1-5-13(4)17-10-16(19)18-14-8-6-7-9-15(14)20-11-12(2)3/h6-9,12-13,17H,5,10-11H2,1-4H3,(H,18,19). The molecule has 112 valence electrons. The third-order valence-electron chi connectivity index (χ3n) is 2.96. The highest BCUT2D eigenvalue weighted by Crippen LogP contribution is 2.24. The maximum absolute atomic E-state index is 11.9. The molecule has 4 nitrogen and oxygen atoms in total. The summed E-state index contributed by atoms with van der Waals surface area (Å²) in [5.41, 5.74) is 0.726. The summed E-state index contributed by atoms with van der Waals surface area (Å²) in [5.74, 6) is 1.12. The van der Waals surface area contributed by atoms with Crippen molar-refractivity contribution < 1.29 is 9.53 Å². The fourth-order valence-corrected chi connectivity index (χ4v) is 1.56. The van der Waals surface area contributed by atoms with Crippen LogP contribution in [-0.4, -0.2) is 25.1 Å². The Labute approximate surface area is 121 Å². The lowest BCUT2D eigenvalue weighted by Gasteiger charge is -2.15. The molecule has 4 heteroatoms. The van der Waals surface area contributed by atoms with Gasteiger partial charge in [-0.05, 0) is 31.4 Å². The molecular formula is C16H26N2O2. The maximum Gasteiger partial charge on any atom is 0.238 e. The van der Waals surface area contributed by atoms with Crippen LogP contribution in [0.5, 0.6) is 5.75 Å². The van der Waals surface area contributed by atoms with E-state index in [4.69, 9.17) is 4.74 Å². The fraction of sp³-hybridized carbons (Fsp3) is 0.562. The van der Waals surface area contributed by atoms with Gasteiger partial charge in [-0.1, -0.05) is 32.9 Å². The van der Waals surface area contributed by atoms with Gasteiger partial charge in [0.2, 0.25) is 5.91 Å². The van der Waals surface area contributed by atoms with Gasteiger partial charge in [0.15, 0.2) is 0 Å². The van der Waals surface area contributed by atoms with Crippen LogP contribution in [0.1, 0.15) is 34.1 Å². The van der Waals surface area contributed by atoms with Crippen molar-refractivity contribution in [2.75, 3.05) is 18.5 Å². The number of hydrogen-bond donors (Lipinski definition) is 2. The van der Waals surface area contributed by atoms with Gasteiger partial charge in [0.1, 0.15) is 5.75 Å². The van der Waals surface area contributed by atoms with E-state index in [0.29, 0.717) is 25.1 Å². The minimum Gasteiger partial charge on any atom is -0.491 e. The van der Waals surface area contributed by atoms with Crippen LogP contribution in [0.2, 0.25) is 0 Å². The SMILES string of the molecule is CCC(C)NCC(=O)Nc1ccccc1OCC(C)C. The van der Waals surface area contributed by atoms with Gasteiger partial charge in [0.25, 0.3) is 0 Å². The highest BCUT2D eigenvalue weighted by atomic mass is 16.5. The van der Waals surface area contributed by atoms with E-state index < -0.39 is 0 Å². The number of hydrogen-bond acceptors (Lipinski definition) is 3. The molecule has 0 saturated carbocycles. The van der Waals surface area contributed by atoms with Gasteiger partial charge in [0, 0.05) is 6.04 Å². The molecule has 1 atom stereocenters. The molecule has 0 fully saturated rings. The molecule has 1 unspecified atom stereocenters. The minimum atomic E-state index is -0.0501. The molecule has 1 amide bonds. The summed E-state index contributed by atoms with van der Waals surface area (Å²) in [6.07, 6.45) is 1.00. The third-order valence-corrected chi connectivity index (χ3v) is 2.96. The number of anilines is 1. The summed E-state index contributed by atoms with van der Waals surface area (Å²) in [6.45, 7) is 9.29. The summed E-state index contributed by atoms with van der Waals surface area (Å²) < 4.78 is 5.71. The van der Waals surface area contributed by atoms with Crippen molar-refractivity contribution in [2.24, 2.45) is 5.92 Å². The average Bonchev–Trinajstić information content (AvgIpc) is 2.43. The highest BCUT2D eigenvalue weighted by molar-refractivity contribution is 5.93. The molecule has 1 aromatic rings. The second-order valence-corrected chi connectivity index (χ2v) is 5.44. The monoisotopic (exact) mass is 278 g/mol. The van der Waals surface area contributed by atoms with Crippen LogP contribution in [0.15, 0.2) is 24.3 Å². The van der Waals surface area contributed by atoms with Gasteiger partial charge in [-0.25, -0.2) is 0 Å². The van der Waals surface area contributed by atoms with E-state index >= 15 is 0 Å². The normalized spacial score (nSPS) is 12.2.